The van der Waals surface area contributed by atoms with Gasteiger partial charge in [0.15, 0.2) is 0 Å². The van der Waals surface area contributed by atoms with Crippen LogP contribution in [0.25, 0.3) is 11.1 Å². The Labute approximate surface area is 157 Å². The van der Waals surface area contributed by atoms with Gasteiger partial charge in [-0.25, -0.2) is 4.79 Å². The zero-order valence-electron chi connectivity index (χ0n) is 14.5. The quantitative estimate of drug-likeness (QED) is 0.824. The Bertz CT molecular complexity index is 830. The molecule has 0 saturated carbocycles. The molecule has 0 spiro atoms. The summed E-state index contributed by atoms with van der Waals surface area (Å²) in [6.45, 7) is 2.89. The number of carbonyl (C=O) groups excluding carboxylic acids is 1. The van der Waals surface area contributed by atoms with Crippen molar-refractivity contribution in [2.24, 2.45) is 5.92 Å². The van der Waals surface area contributed by atoms with Gasteiger partial charge in [-0.1, -0.05) is 41.4 Å². The van der Waals surface area contributed by atoms with E-state index in [1.165, 1.54) is 0 Å². The third kappa shape index (κ3) is 4.17. The zero-order chi connectivity index (χ0) is 18.7. The summed E-state index contributed by atoms with van der Waals surface area (Å²) in [6.07, 6.45) is 0.961. The number of aryl methyl sites for hydroxylation is 1. The van der Waals surface area contributed by atoms with E-state index in [0.717, 1.165) is 16.7 Å². The minimum atomic E-state index is -0.788. The number of hydrogen-bond donors (Lipinski definition) is 2. The highest BCUT2D eigenvalue weighted by Crippen LogP contribution is 2.32. The molecule has 136 valence electrons. The van der Waals surface area contributed by atoms with Gasteiger partial charge >= 0.3 is 12.0 Å². The lowest BCUT2D eigenvalue weighted by Gasteiger charge is -2.30. The van der Waals surface area contributed by atoms with Gasteiger partial charge in [-0.15, -0.1) is 0 Å². The fourth-order valence-corrected chi connectivity index (χ4v) is 3.37. The number of piperidine rings is 1. The van der Waals surface area contributed by atoms with Crippen molar-refractivity contribution in [2.45, 2.75) is 19.8 Å². The first-order chi connectivity index (χ1) is 12.4. The molecule has 2 amide bonds. The molecule has 1 aliphatic rings. The number of carboxylic acids is 1. The van der Waals surface area contributed by atoms with E-state index >= 15 is 0 Å². The van der Waals surface area contributed by atoms with Crippen molar-refractivity contribution in [1.29, 1.82) is 0 Å². The number of nitrogens with zero attached hydrogens (tertiary/aromatic N) is 1. The van der Waals surface area contributed by atoms with Crippen molar-refractivity contribution < 1.29 is 14.7 Å². The standard InChI is InChI=1S/C20H21ClN2O3/c1-13-3-2-4-15(11-13)17-12-16(21)5-6-18(17)22-20(26)23-9-7-14(8-10-23)19(24)25/h2-6,11-12,14H,7-10H2,1H3,(H,22,26)(H,24,25). The molecule has 6 heteroatoms. The maximum Gasteiger partial charge on any atom is 0.321 e. The third-order valence-electron chi connectivity index (χ3n) is 4.68. The molecule has 0 aromatic heterocycles. The molecular formula is C20H21ClN2O3. The lowest BCUT2D eigenvalue weighted by molar-refractivity contribution is -0.143. The molecule has 1 aliphatic heterocycles. The van der Waals surface area contributed by atoms with E-state index in [1.54, 1.807) is 17.0 Å². The number of rotatable bonds is 3. The Morgan fingerprint density at radius 2 is 1.88 bits per heavy atom. The first-order valence-corrected chi connectivity index (χ1v) is 8.97. The molecule has 3 rings (SSSR count). The van der Waals surface area contributed by atoms with Crippen LogP contribution in [0.4, 0.5) is 10.5 Å². The lowest BCUT2D eigenvalue weighted by Crippen LogP contribution is -2.42. The van der Waals surface area contributed by atoms with Crippen LogP contribution < -0.4 is 5.32 Å². The van der Waals surface area contributed by atoms with Gasteiger partial charge in [-0.2, -0.15) is 0 Å². The first kappa shape index (κ1) is 18.3. The monoisotopic (exact) mass is 372 g/mol. The molecule has 2 aromatic carbocycles. The van der Waals surface area contributed by atoms with Gasteiger partial charge in [0.05, 0.1) is 11.6 Å². The number of amides is 2. The Morgan fingerprint density at radius 1 is 1.15 bits per heavy atom. The van der Waals surface area contributed by atoms with Crippen molar-refractivity contribution in [3.05, 3.63) is 53.1 Å². The highest BCUT2D eigenvalue weighted by atomic mass is 35.5. The third-order valence-corrected chi connectivity index (χ3v) is 4.92. The molecule has 26 heavy (non-hydrogen) atoms. The maximum absolute atomic E-state index is 12.6. The summed E-state index contributed by atoms with van der Waals surface area (Å²) in [5, 5.41) is 12.6. The second kappa shape index (κ2) is 7.79. The number of carbonyl (C=O) groups is 2. The van der Waals surface area contributed by atoms with E-state index in [2.05, 4.69) is 5.32 Å². The number of urea groups is 1. The van der Waals surface area contributed by atoms with Gasteiger partial charge in [-0.3, -0.25) is 4.79 Å². The molecule has 0 aliphatic carbocycles. The number of halogens is 1. The number of hydrogen-bond acceptors (Lipinski definition) is 2. The maximum atomic E-state index is 12.6. The van der Waals surface area contributed by atoms with Crippen molar-refractivity contribution in [2.75, 3.05) is 18.4 Å². The normalized spacial score (nSPS) is 14.9. The second-order valence-corrected chi connectivity index (χ2v) is 7.03. The van der Waals surface area contributed by atoms with Crippen LogP contribution in [0.15, 0.2) is 42.5 Å². The highest BCUT2D eigenvalue weighted by Gasteiger charge is 2.27. The van der Waals surface area contributed by atoms with Gasteiger partial charge in [0.25, 0.3) is 0 Å². The summed E-state index contributed by atoms with van der Waals surface area (Å²) in [4.78, 5) is 25.3. The lowest BCUT2D eigenvalue weighted by atomic mass is 9.97. The summed E-state index contributed by atoms with van der Waals surface area (Å²) in [5.41, 5.74) is 3.64. The molecule has 0 bridgehead atoms. The van der Waals surface area contributed by atoms with E-state index in [0.29, 0.717) is 36.6 Å². The van der Waals surface area contributed by atoms with Gasteiger partial charge in [0.2, 0.25) is 0 Å². The summed E-state index contributed by atoms with van der Waals surface area (Å²) in [7, 11) is 0. The molecule has 1 heterocycles. The zero-order valence-corrected chi connectivity index (χ0v) is 15.3. The van der Waals surface area contributed by atoms with Gasteiger partial charge in [-0.05, 0) is 43.5 Å². The van der Waals surface area contributed by atoms with Crippen LogP contribution in [-0.2, 0) is 4.79 Å². The molecule has 0 atom stereocenters. The van der Waals surface area contributed by atoms with Crippen LogP contribution in [0.1, 0.15) is 18.4 Å². The van der Waals surface area contributed by atoms with E-state index in [9.17, 15) is 9.59 Å². The summed E-state index contributed by atoms with van der Waals surface area (Å²) < 4.78 is 0. The first-order valence-electron chi connectivity index (χ1n) is 8.59. The molecule has 0 unspecified atom stereocenters. The Hall–Kier alpha value is -2.53. The van der Waals surface area contributed by atoms with Crippen LogP contribution in [0.2, 0.25) is 5.02 Å². The minimum Gasteiger partial charge on any atom is -0.481 e. The summed E-state index contributed by atoms with van der Waals surface area (Å²) in [6, 6.07) is 13.2. The topological polar surface area (TPSA) is 69.6 Å². The molecule has 5 nitrogen and oxygen atoms in total. The van der Waals surface area contributed by atoms with Crippen LogP contribution in [0.3, 0.4) is 0 Å². The second-order valence-electron chi connectivity index (χ2n) is 6.59. The Balaban J connectivity index is 1.78. The highest BCUT2D eigenvalue weighted by molar-refractivity contribution is 6.31. The number of nitrogens with one attached hydrogen (secondary N) is 1. The van der Waals surface area contributed by atoms with Crippen molar-refractivity contribution in [3.8, 4) is 11.1 Å². The fraction of sp³-hybridized carbons (Fsp3) is 0.300. The molecule has 2 N–H and O–H groups in total. The van der Waals surface area contributed by atoms with Crippen LogP contribution in [0.5, 0.6) is 0 Å². The smallest absolute Gasteiger partial charge is 0.321 e. The SMILES string of the molecule is Cc1cccc(-c2cc(Cl)ccc2NC(=O)N2CCC(C(=O)O)CC2)c1. The van der Waals surface area contributed by atoms with E-state index < -0.39 is 5.97 Å². The van der Waals surface area contributed by atoms with Gasteiger partial charge < -0.3 is 15.3 Å². The van der Waals surface area contributed by atoms with Crippen molar-refractivity contribution in [3.63, 3.8) is 0 Å². The van der Waals surface area contributed by atoms with Crippen LogP contribution in [0, 0.1) is 12.8 Å². The van der Waals surface area contributed by atoms with E-state index in [1.807, 2.05) is 37.3 Å². The largest absolute Gasteiger partial charge is 0.481 e. The average molecular weight is 373 g/mol. The fourth-order valence-electron chi connectivity index (χ4n) is 3.20. The molecule has 2 aromatic rings. The minimum absolute atomic E-state index is 0.218. The van der Waals surface area contributed by atoms with Crippen LogP contribution in [-0.4, -0.2) is 35.1 Å². The van der Waals surface area contributed by atoms with Crippen molar-refractivity contribution in [1.82, 2.24) is 4.90 Å². The van der Waals surface area contributed by atoms with Crippen LogP contribution >= 0.6 is 11.6 Å². The van der Waals surface area contributed by atoms with E-state index in [-0.39, 0.29) is 11.9 Å². The molecular weight excluding hydrogens is 352 g/mol. The van der Waals surface area contributed by atoms with Gasteiger partial charge in [0.1, 0.15) is 0 Å². The molecule has 1 fully saturated rings. The number of benzene rings is 2. The Morgan fingerprint density at radius 3 is 2.54 bits per heavy atom. The number of likely N-dealkylation sites (tertiary alicyclic amines) is 1. The predicted molar refractivity (Wildman–Crippen MR) is 103 cm³/mol. The van der Waals surface area contributed by atoms with E-state index in [4.69, 9.17) is 16.7 Å². The number of anilines is 1. The average Bonchev–Trinajstić information content (AvgIpc) is 2.63. The molecule has 1 saturated heterocycles. The number of carboxylic acid groups (broad SMARTS) is 1. The number of aliphatic carboxylic acids is 1. The van der Waals surface area contributed by atoms with Gasteiger partial charge in [0, 0.05) is 23.7 Å². The Kier molecular flexibility index (Phi) is 5.47. The van der Waals surface area contributed by atoms with Crippen molar-refractivity contribution >= 4 is 29.3 Å². The molecule has 0 radical (unpaired) electrons. The predicted octanol–water partition coefficient (Wildman–Crippen LogP) is 4.64. The summed E-state index contributed by atoms with van der Waals surface area (Å²) >= 11 is 6.16. The summed E-state index contributed by atoms with van der Waals surface area (Å²) in [5.74, 6) is -1.15.